The first-order valence-corrected chi connectivity index (χ1v) is 9.05. The van der Waals surface area contributed by atoms with Crippen LogP contribution in [0.4, 0.5) is 4.39 Å². The lowest BCUT2D eigenvalue weighted by molar-refractivity contribution is -0.141. The standard InChI is InChI=1S/C17H20FNO3S/c18-13-8-4-7-12(9-13)15(20)19-14(17(21)22)10-23-16(19)11-5-2-1-3-6-11/h4,7-9,11,14,16H,1-3,5-6,10H2,(H,21,22)/t14-,16+/m0/s1. The normalized spacial score (nSPS) is 25.5. The van der Waals surface area contributed by atoms with Crippen molar-refractivity contribution in [2.75, 3.05) is 5.75 Å². The second kappa shape index (κ2) is 6.91. The highest BCUT2D eigenvalue weighted by atomic mass is 32.2. The fraction of sp³-hybridized carbons (Fsp3) is 0.529. The molecule has 1 aliphatic carbocycles. The molecule has 1 aliphatic heterocycles. The summed E-state index contributed by atoms with van der Waals surface area (Å²) in [7, 11) is 0. The number of nitrogens with zero attached hydrogens (tertiary/aromatic N) is 1. The highest BCUT2D eigenvalue weighted by molar-refractivity contribution is 8.00. The first-order valence-electron chi connectivity index (χ1n) is 8.00. The number of carboxylic acids is 1. The number of hydrogen-bond acceptors (Lipinski definition) is 3. The van der Waals surface area contributed by atoms with Crippen LogP contribution in [0.2, 0.25) is 0 Å². The Morgan fingerprint density at radius 1 is 1.22 bits per heavy atom. The molecule has 2 atom stereocenters. The molecule has 1 saturated carbocycles. The molecule has 23 heavy (non-hydrogen) atoms. The van der Waals surface area contributed by atoms with Gasteiger partial charge in [0.1, 0.15) is 11.9 Å². The molecule has 6 heteroatoms. The highest BCUT2D eigenvalue weighted by Crippen LogP contribution is 2.41. The Hall–Kier alpha value is -1.56. The molecule has 4 nitrogen and oxygen atoms in total. The SMILES string of the molecule is O=C(O)[C@@H]1CS[C@H](C2CCCCC2)N1C(=O)c1cccc(F)c1. The van der Waals surface area contributed by atoms with Crippen molar-refractivity contribution < 1.29 is 19.1 Å². The van der Waals surface area contributed by atoms with Gasteiger partial charge in [-0.1, -0.05) is 25.3 Å². The van der Waals surface area contributed by atoms with Gasteiger partial charge in [0.15, 0.2) is 0 Å². The van der Waals surface area contributed by atoms with Gasteiger partial charge >= 0.3 is 5.97 Å². The third kappa shape index (κ3) is 3.37. The van der Waals surface area contributed by atoms with Crippen LogP contribution in [0.3, 0.4) is 0 Å². The van der Waals surface area contributed by atoms with E-state index in [-0.39, 0.29) is 16.8 Å². The van der Waals surface area contributed by atoms with E-state index in [9.17, 15) is 19.1 Å². The number of carboxylic acid groups (broad SMARTS) is 1. The summed E-state index contributed by atoms with van der Waals surface area (Å²) >= 11 is 1.55. The first kappa shape index (κ1) is 16.3. The number of thioether (sulfide) groups is 1. The third-order valence-electron chi connectivity index (χ3n) is 4.68. The van der Waals surface area contributed by atoms with Crippen LogP contribution in [0, 0.1) is 11.7 Å². The van der Waals surface area contributed by atoms with Crippen LogP contribution >= 0.6 is 11.8 Å². The predicted molar refractivity (Wildman–Crippen MR) is 86.8 cm³/mol. The van der Waals surface area contributed by atoms with Crippen LogP contribution < -0.4 is 0 Å². The molecule has 1 saturated heterocycles. The molecule has 1 aromatic rings. The van der Waals surface area contributed by atoms with Gasteiger partial charge in [0.25, 0.3) is 5.91 Å². The minimum Gasteiger partial charge on any atom is -0.480 e. The number of aliphatic carboxylic acids is 1. The van der Waals surface area contributed by atoms with Crippen molar-refractivity contribution in [2.45, 2.75) is 43.5 Å². The van der Waals surface area contributed by atoms with E-state index < -0.39 is 17.8 Å². The van der Waals surface area contributed by atoms with Crippen LogP contribution in [0.15, 0.2) is 24.3 Å². The van der Waals surface area contributed by atoms with Gasteiger partial charge in [0.05, 0.1) is 5.37 Å². The van der Waals surface area contributed by atoms with E-state index in [0.717, 1.165) is 25.7 Å². The van der Waals surface area contributed by atoms with Gasteiger partial charge < -0.3 is 10.0 Å². The lowest BCUT2D eigenvalue weighted by atomic mass is 9.88. The van der Waals surface area contributed by atoms with Crippen LogP contribution in [-0.4, -0.2) is 39.1 Å². The van der Waals surface area contributed by atoms with Gasteiger partial charge in [-0.25, -0.2) is 9.18 Å². The Balaban J connectivity index is 1.88. The summed E-state index contributed by atoms with van der Waals surface area (Å²) in [6, 6.07) is 4.66. The van der Waals surface area contributed by atoms with E-state index in [1.54, 1.807) is 17.8 Å². The largest absolute Gasteiger partial charge is 0.480 e. The molecule has 2 fully saturated rings. The number of hydrogen-bond donors (Lipinski definition) is 1. The molecule has 1 amide bonds. The number of carbonyl (C=O) groups is 2. The molecule has 0 spiro atoms. The molecule has 0 radical (unpaired) electrons. The van der Waals surface area contributed by atoms with Crippen LogP contribution in [0.25, 0.3) is 0 Å². The van der Waals surface area contributed by atoms with Gasteiger partial charge in [-0.05, 0) is 37.0 Å². The number of amides is 1. The molecular weight excluding hydrogens is 317 g/mol. The fourth-order valence-electron chi connectivity index (χ4n) is 3.53. The number of benzene rings is 1. The summed E-state index contributed by atoms with van der Waals surface area (Å²) < 4.78 is 13.4. The zero-order valence-electron chi connectivity index (χ0n) is 12.8. The molecule has 0 unspecified atom stereocenters. The zero-order chi connectivity index (χ0) is 16.4. The molecule has 2 aliphatic rings. The van der Waals surface area contributed by atoms with Crippen molar-refractivity contribution in [3.05, 3.63) is 35.6 Å². The monoisotopic (exact) mass is 337 g/mol. The van der Waals surface area contributed by atoms with Gasteiger partial charge in [0, 0.05) is 11.3 Å². The second-order valence-electron chi connectivity index (χ2n) is 6.20. The third-order valence-corrected chi connectivity index (χ3v) is 6.14. The highest BCUT2D eigenvalue weighted by Gasteiger charge is 2.45. The minimum atomic E-state index is -0.986. The van der Waals surface area contributed by atoms with Crippen molar-refractivity contribution in [3.8, 4) is 0 Å². The average Bonchev–Trinajstić information content (AvgIpc) is 3.00. The average molecular weight is 337 g/mol. The van der Waals surface area contributed by atoms with Crippen molar-refractivity contribution in [1.82, 2.24) is 4.90 Å². The topological polar surface area (TPSA) is 57.6 Å². The summed E-state index contributed by atoms with van der Waals surface area (Å²) in [6.07, 6.45) is 5.50. The molecule has 1 aromatic carbocycles. The van der Waals surface area contributed by atoms with E-state index in [1.807, 2.05) is 0 Å². The number of halogens is 1. The molecule has 1 heterocycles. The fourth-order valence-corrected chi connectivity index (χ4v) is 5.16. The van der Waals surface area contributed by atoms with Crippen molar-refractivity contribution in [2.24, 2.45) is 5.92 Å². The molecule has 124 valence electrons. The van der Waals surface area contributed by atoms with E-state index >= 15 is 0 Å². The lowest BCUT2D eigenvalue weighted by Crippen LogP contribution is -2.48. The summed E-state index contributed by atoms with van der Waals surface area (Å²) in [5.74, 6) is -1.12. The minimum absolute atomic E-state index is 0.118. The van der Waals surface area contributed by atoms with Crippen molar-refractivity contribution in [3.63, 3.8) is 0 Å². The molecule has 0 bridgehead atoms. The number of carbonyl (C=O) groups excluding carboxylic acids is 1. The Bertz CT molecular complexity index is 603. The second-order valence-corrected chi connectivity index (χ2v) is 7.35. The molecule has 1 N–H and O–H groups in total. The maximum Gasteiger partial charge on any atom is 0.327 e. The Kier molecular flexibility index (Phi) is 4.90. The summed E-state index contributed by atoms with van der Waals surface area (Å²) in [5, 5.41) is 9.35. The molecule has 3 rings (SSSR count). The van der Waals surface area contributed by atoms with E-state index in [0.29, 0.717) is 11.7 Å². The Labute approximate surface area is 139 Å². The van der Waals surface area contributed by atoms with Gasteiger partial charge in [-0.2, -0.15) is 0 Å². The van der Waals surface area contributed by atoms with Crippen LogP contribution in [0.5, 0.6) is 0 Å². The van der Waals surface area contributed by atoms with Crippen LogP contribution in [0.1, 0.15) is 42.5 Å². The van der Waals surface area contributed by atoms with Gasteiger partial charge in [-0.15, -0.1) is 11.8 Å². The smallest absolute Gasteiger partial charge is 0.327 e. The van der Waals surface area contributed by atoms with Crippen molar-refractivity contribution in [1.29, 1.82) is 0 Å². The van der Waals surface area contributed by atoms with E-state index in [2.05, 4.69) is 0 Å². The van der Waals surface area contributed by atoms with E-state index in [4.69, 9.17) is 0 Å². The van der Waals surface area contributed by atoms with Crippen LogP contribution in [-0.2, 0) is 4.79 Å². The molecular formula is C17H20FNO3S. The van der Waals surface area contributed by atoms with Gasteiger partial charge in [-0.3, -0.25) is 4.79 Å². The Morgan fingerprint density at radius 3 is 2.61 bits per heavy atom. The lowest BCUT2D eigenvalue weighted by Gasteiger charge is -2.34. The maximum atomic E-state index is 13.4. The zero-order valence-corrected chi connectivity index (χ0v) is 13.6. The summed E-state index contributed by atoms with van der Waals surface area (Å²) in [5.41, 5.74) is 0.222. The summed E-state index contributed by atoms with van der Waals surface area (Å²) in [6.45, 7) is 0. The maximum absolute atomic E-state index is 13.4. The molecule has 0 aromatic heterocycles. The van der Waals surface area contributed by atoms with Gasteiger partial charge in [0.2, 0.25) is 0 Å². The van der Waals surface area contributed by atoms with Crippen molar-refractivity contribution >= 4 is 23.6 Å². The summed E-state index contributed by atoms with van der Waals surface area (Å²) in [4.78, 5) is 25.9. The first-order chi connectivity index (χ1) is 11.1. The Morgan fingerprint density at radius 2 is 1.96 bits per heavy atom. The van der Waals surface area contributed by atoms with E-state index in [1.165, 1.54) is 29.5 Å². The predicted octanol–water partition coefficient (Wildman–Crippen LogP) is 3.37. The quantitative estimate of drug-likeness (QED) is 0.919. The number of rotatable bonds is 3.